The Kier molecular flexibility index (Phi) is 12.2. The highest BCUT2D eigenvalue weighted by Crippen LogP contribution is 2.01. The number of nitrogens with zero attached hydrogens (tertiary/aromatic N) is 1. The van der Waals surface area contributed by atoms with E-state index in [4.69, 9.17) is 9.47 Å². The van der Waals surface area contributed by atoms with Gasteiger partial charge in [-0.25, -0.2) is 19.2 Å². The standard InChI is InChI=1S/C17H25NO8/c1-5-18(6-2)11-13(26-17(22)10-8-15(20)24-4)12-25-16(21)9-7-14(19)23-3/h7-10,13H,5-6,11-12H2,1-4H3/b9-7+,10-8+. The number of likely N-dealkylation sites (N-methyl/N-ethyl adjacent to an activating group) is 1. The molecule has 0 aliphatic carbocycles. The van der Waals surface area contributed by atoms with Gasteiger partial charge >= 0.3 is 23.9 Å². The maximum absolute atomic E-state index is 11.8. The van der Waals surface area contributed by atoms with Crippen LogP contribution in [0.1, 0.15) is 13.8 Å². The van der Waals surface area contributed by atoms with Gasteiger partial charge in [0.1, 0.15) is 12.7 Å². The average molecular weight is 371 g/mol. The SMILES string of the molecule is CCN(CC)CC(COC(=O)/C=C/C(=O)OC)OC(=O)/C=C/C(=O)OC. The Morgan fingerprint density at radius 2 is 1.27 bits per heavy atom. The predicted octanol–water partition coefficient (Wildman–Crippen LogP) is 0.242. The fourth-order valence-electron chi connectivity index (χ4n) is 1.73. The zero-order chi connectivity index (χ0) is 19.9. The van der Waals surface area contributed by atoms with E-state index in [1.807, 2.05) is 18.7 Å². The number of esters is 4. The minimum Gasteiger partial charge on any atom is -0.466 e. The molecule has 0 aliphatic heterocycles. The lowest BCUT2D eigenvalue weighted by atomic mass is 10.3. The summed E-state index contributed by atoms with van der Waals surface area (Å²) in [6, 6.07) is 0. The molecule has 0 heterocycles. The molecule has 0 aromatic carbocycles. The molecular formula is C17H25NO8. The summed E-state index contributed by atoms with van der Waals surface area (Å²) in [5.74, 6) is -2.93. The molecule has 0 spiro atoms. The summed E-state index contributed by atoms with van der Waals surface area (Å²) in [6.45, 7) is 5.41. The van der Waals surface area contributed by atoms with E-state index in [1.54, 1.807) is 0 Å². The molecule has 0 aromatic rings. The molecule has 0 aromatic heterocycles. The van der Waals surface area contributed by atoms with Crippen LogP contribution in [-0.4, -0.2) is 75.3 Å². The Hall–Kier alpha value is -2.68. The number of hydrogen-bond donors (Lipinski definition) is 0. The third-order valence-electron chi connectivity index (χ3n) is 3.16. The van der Waals surface area contributed by atoms with Crippen LogP contribution in [0, 0.1) is 0 Å². The average Bonchev–Trinajstić information content (AvgIpc) is 2.65. The Bertz CT molecular complexity index is 537. The van der Waals surface area contributed by atoms with Crippen molar-refractivity contribution in [3.05, 3.63) is 24.3 Å². The first-order valence-corrected chi connectivity index (χ1v) is 7.97. The number of rotatable bonds is 11. The van der Waals surface area contributed by atoms with Gasteiger partial charge in [-0.15, -0.1) is 0 Å². The quantitative estimate of drug-likeness (QED) is 0.287. The van der Waals surface area contributed by atoms with Gasteiger partial charge in [-0.3, -0.25) is 0 Å². The highest BCUT2D eigenvalue weighted by molar-refractivity contribution is 5.92. The predicted molar refractivity (Wildman–Crippen MR) is 90.9 cm³/mol. The van der Waals surface area contributed by atoms with Crippen LogP contribution in [0.4, 0.5) is 0 Å². The van der Waals surface area contributed by atoms with Crippen molar-refractivity contribution in [3.8, 4) is 0 Å². The van der Waals surface area contributed by atoms with Crippen molar-refractivity contribution in [1.82, 2.24) is 4.90 Å². The number of hydrogen-bond acceptors (Lipinski definition) is 9. The molecule has 9 nitrogen and oxygen atoms in total. The molecule has 26 heavy (non-hydrogen) atoms. The van der Waals surface area contributed by atoms with E-state index in [2.05, 4.69) is 9.47 Å². The van der Waals surface area contributed by atoms with Crippen molar-refractivity contribution in [2.45, 2.75) is 20.0 Å². The summed E-state index contributed by atoms with van der Waals surface area (Å²) in [6.07, 6.45) is 2.95. The molecule has 0 radical (unpaired) electrons. The van der Waals surface area contributed by atoms with Gasteiger partial charge in [-0.05, 0) is 13.1 Å². The van der Waals surface area contributed by atoms with Crippen LogP contribution in [-0.2, 0) is 38.1 Å². The van der Waals surface area contributed by atoms with Crippen molar-refractivity contribution in [2.75, 3.05) is 40.5 Å². The van der Waals surface area contributed by atoms with Crippen molar-refractivity contribution < 1.29 is 38.1 Å². The smallest absolute Gasteiger partial charge is 0.331 e. The zero-order valence-corrected chi connectivity index (χ0v) is 15.4. The van der Waals surface area contributed by atoms with E-state index >= 15 is 0 Å². The number of methoxy groups -OCH3 is 2. The minimum absolute atomic E-state index is 0.210. The molecule has 1 unspecified atom stereocenters. The van der Waals surface area contributed by atoms with Gasteiger partial charge in [0.05, 0.1) is 14.2 Å². The molecule has 0 saturated heterocycles. The second-order valence-corrected chi connectivity index (χ2v) is 4.89. The summed E-state index contributed by atoms with van der Waals surface area (Å²) >= 11 is 0. The lowest BCUT2D eigenvalue weighted by Crippen LogP contribution is -2.38. The van der Waals surface area contributed by atoms with E-state index in [0.717, 1.165) is 24.3 Å². The summed E-state index contributed by atoms with van der Waals surface area (Å²) < 4.78 is 18.9. The first-order valence-electron chi connectivity index (χ1n) is 7.97. The summed E-state index contributed by atoms with van der Waals surface area (Å²) in [5.41, 5.74) is 0. The van der Waals surface area contributed by atoms with E-state index in [-0.39, 0.29) is 6.61 Å². The van der Waals surface area contributed by atoms with Gasteiger partial charge in [-0.2, -0.15) is 0 Å². The highest BCUT2D eigenvalue weighted by atomic mass is 16.6. The zero-order valence-electron chi connectivity index (χ0n) is 15.4. The fourth-order valence-corrected chi connectivity index (χ4v) is 1.73. The van der Waals surface area contributed by atoms with Crippen LogP contribution in [0.15, 0.2) is 24.3 Å². The third kappa shape index (κ3) is 11.0. The lowest BCUT2D eigenvalue weighted by Gasteiger charge is -2.24. The monoisotopic (exact) mass is 371 g/mol. The van der Waals surface area contributed by atoms with E-state index in [1.165, 1.54) is 14.2 Å². The number of carbonyl (C=O) groups is 4. The molecule has 0 saturated carbocycles. The summed E-state index contributed by atoms with van der Waals surface area (Å²) in [5, 5.41) is 0. The van der Waals surface area contributed by atoms with Crippen molar-refractivity contribution in [2.24, 2.45) is 0 Å². The van der Waals surface area contributed by atoms with Crippen LogP contribution in [0.2, 0.25) is 0 Å². The minimum atomic E-state index is -0.777. The van der Waals surface area contributed by atoms with E-state index < -0.39 is 30.0 Å². The van der Waals surface area contributed by atoms with Gasteiger partial charge < -0.3 is 23.8 Å². The van der Waals surface area contributed by atoms with Gasteiger partial charge in [0.25, 0.3) is 0 Å². The van der Waals surface area contributed by atoms with Gasteiger partial charge in [0.15, 0.2) is 0 Å². The normalized spacial score (nSPS) is 12.2. The van der Waals surface area contributed by atoms with E-state index in [0.29, 0.717) is 19.6 Å². The van der Waals surface area contributed by atoms with Crippen LogP contribution >= 0.6 is 0 Å². The Labute approximate surface area is 152 Å². The van der Waals surface area contributed by atoms with Crippen LogP contribution in [0.25, 0.3) is 0 Å². The van der Waals surface area contributed by atoms with Gasteiger partial charge in [0, 0.05) is 30.8 Å². The Morgan fingerprint density at radius 3 is 1.73 bits per heavy atom. The molecular weight excluding hydrogens is 346 g/mol. The summed E-state index contributed by atoms with van der Waals surface area (Å²) in [4.78, 5) is 47.3. The Morgan fingerprint density at radius 1 is 0.808 bits per heavy atom. The molecule has 0 aliphatic rings. The van der Waals surface area contributed by atoms with Crippen molar-refractivity contribution >= 4 is 23.9 Å². The van der Waals surface area contributed by atoms with Gasteiger partial charge in [0.2, 0.25) is 0 Å². The number of carbonyl (C=O) groups excluding carboxylic acids is 4. The fraction of sp³-hybridized carbons (Fsp3) is 0.529. The van der Waals surface area contributed by atoms with Crippen molar-refractivity contribution in [1.29, 1.82) is 0 Å². The highest BCUT2D eigenvalue weighted by Gasteiger charge is 2.18. The molecule has 0 rings (SSSR count). The summed E-state index contributed by atoms with van der Waals surface area (Å²) in [7, 11) is 2.36. The maximum atomic E-state index is 11.8. The first-order chi connectivity index (χ1) is 12.4. The molecule has 0 amide bonds. The third-order valence-corrected chi connectivity index (χ3v) is 3.16. The first kappa shape index (κ1) is 23.3. The van der Waals surface area contributed by atoms with Crippen LogP contribution in [0.3, 0.4) is 0 Å². The Balaban J connectivity index is 4.78. The largest absolute Gasteiger partial charge is 0.466 e. The van der Waals surface area contributed by atoms with E-state index in [9.17, 15) is 19.2 Å². The molecule has 9 heteroatoms. The maximum Gasteiger partial charge on any atom is 0.331 e. The lowest BCUT2D eigenvalue weighted by molar-refractivity contribution is -0.154. The van der Waals surface area contributed by atoms with Crippen LogP contribution in [0.5, 0.6) is 0 Å². The topological polar surface area (TPSA) is 108 Å². The molecule has 146 valence electrons. The second kappa shape index (κ2) is 13.6. The molecule has 0 fully saturated rings. The second-order valence-electron chi connectivity index (χ2n) is 4.89. The van der Waals surface area contributed by atoms with Crippen LogP contribution < -0.4 is 0 Å². The van der Waals surface area contributed by atoms with Gasteiger partial charge in [-0.1, -0.05) is 13.8 Å². The molecule has 0 N–H and O–H groups in total. The van der Waals surface area contributed by atoms with Crippen molar-refractivity contribution in [3.63, 3.8) is 0 Å². The number of ether oxygens (including phenoxy) is 4. The molecule has 0 bridgehead atoms. The molecule has 1 atom stereocenters.